The molecule has 0 saturated heterocycles. The van der Waals surface area contributed by atoms with Crippen molar-refractivity contribution in [1.29, 1.82) is 5.41 Å². The number of anilines is 3. The molecule has 9 nitrogen and oxygen atoms in total. The summed E-state index contributed by atoms with van der Waals surface area (Å²) in [5.74, 6) is -0.444. The number of nitrogen functional groups attached to an aromatic ring is 1. The lowest BCUT2D eigenvalue weighted by molar-refractivity contribution is -0.104. The third-order valence-corrected chi connectivity index (χ3v) is 4.95. The normalized spacial score (nSPS) is 14.4. The summed E-state index contributed by atoms with van der Waals surface area (Å²) in [6.07, 6.45) is 5.59. The van der Waals surface area contributed by atoms with Crippen LogP contribution in [0, 0.1) is 11.2 Å². The Bertz CT molecular complexity index is 1160. The van der Waals surface area contributed by atoms with Crippen molar-refractivity contribution in [2.45, 2.75) is 12.5 Å². The van der Waals surface area contributed by atoms with E-state index in [1.807, 2.05) is 19.2 Å². The van der Waals surface area contributed by atoms with Crippen LogP contribution in [0.3, 0.4) is 0 Å². The number of hydrogen-bond donors (Lipinski definition) is 4. The molecule has 1 aromatic carbocycles. The fraction of sp³-hybridized carbons (Fsp3) is 0.174. The molecule has 33 heavy (non-hydrogen) atoms. The number of hydrogen-bond acceptors (Lipinski definition) is 9. The minimum Gasteiger partial charge on any atom is -0.508 e. The van der Waals surface area contributed by atoms with E-state index in [2.05, 4.69) is 31.7 Å². The van der Waals surface area contributed by atoms with Gasteiger partial charge in [0, 0.05) is 37.8 Å². The van der Waals surface area contributed by atoms with Crippen LogP contribution in [-0.2, 0) is 11.2 Å². The van der Waals surface area contributed by atoms with Gasteiger partial charge >= 0.3 is 0 Å². The third-order valence-electron chi connectivity index (χ3n) is 4.95. The molecule has 0 amide bonds. The van der Waals surface area contributed by atoms with Gasteiger partial charge in [-0.15, -0.1) is 0 Å². The van der Waals surface area contributed by atoms with Crippen molar-refractivity contribution < 1.29 is 14.3 Å². The molecule has 4 rings (SSSR count). The van der Waals surface area contributed by atoms with E-state index in [1.54, 1.807) is 6.20 Å². The second-order valence-corrected chi connectivity index (χ2v) is 7.32. The molecule has 3 heterocycles. The fourth-order valence-corrected chi connectivity index (χ4v) is 3.57. The summed E-state index contributed by atoms with van der Waals surface area (Å²) in [6.45, 7) is 3.82. The topological polar surface area (TPSA) is 141 Å². The number of carbonyl (C=O) groups is 1. The molecule has 0 saturated carbocycles. The number of aromatic hydroxyl groups is 1. The van der Waals surface area contributed by atoms with Gasteiger partial charge in [-0.1, -0.05) is 6.58 Å². The summed E-state index contributed by atoms with van der Waals surface area (Å²) < 4.78 is 13.7. The number of likely N-dealkylation sites (N-methyl/N-ethyl adjacent to an activating group) is 1. The smallest absolute Gasteiger partial charge is 0.142 e. The first kappa shape index (κ1) is 23.3. The maximum Gasteiger partial charge on any atom is 0.142 e. The van der Waals surface area contributed by atoms with Gasteiger partial charge < -0.3 is 21.1 Å². The summed E-state index contributed by atoms with van der Waals surface area (Å²) in [5, 5.41) is 21.5. The van der Waals surface area contributed by atoms with E-state index in [1.165, 1.54) is 18.5 Å². The standard InChI is InChI=1S/C20H20FN7O.C3H4O/c1-28-9-13(8-15-16(28)3-2-4-24-15)27-20-17(19(23)25-10-26-20)18(22)11-5-12(21)7-14(29)6-11;1-2-3-4/h2-7,10,13,22,29H,8-9H2,1H3,(H3,23,25,26,27);2-3H,1H2. The zero-order chi connectivity index (χ0) is 24.0. The highest BCUT2D eigenvalue weighted by Crippen LogP contribution is 2.28. The lowest BCUT2D eigenvalue weighted by Crippen LogP contribution is -2.41. The highest BCUT2D eigenvalue weighted by Gasteiger charge is 2.25. The Morgan fingerprint density at radius 1 is 1.36 bits per heavy atom. The van der Waals surface area contributed by atoms with E-state index in [4.69, 9.17) is 15.9 Å². The molecule has 3 aromatic rings. The Balaban J connectivity index is 0.000000709. The molecule has 0 bridgehead atoms. The maximum absolute atomic E-state index is 13.7. The summed E-state index contributed by atoms with van der Waals surface area (Å²) in [5.41, 5.74) is 8.43. The first-order valence-electron chi connectivity index (χ1n) is 10.0. The average Bonchev–Trinajstić information content (AvgIpc) is 2.78. The number of aldehydes is 1. The Labute approximate surface area is 190 Å². The van der Waals surface area contributed by atoms with Crippen LogP contribution >= 0.6 is 0 Å². The lowest BCUT2D eigenvalue weighted by atomic mass is 10.0. The van der Waals surface area contributed by atoms with Crippen LogP contribution in [0.5, 0.6) is 5.75 Å². The highest BCUT2D eigenvalue weighted by molar-refractivity contribution is 6.16. The van der Waals surface area contributed by atoms with Crippen LogP contribution in [0.25, 0.3) is 0 Å². The Kier molecular flexibility index (Phi) is 7.29. The number of allylic oxidation sites excluding steroid dienone is 1. The monoisotopic (exact) mass is 449 g/mol. The van der Waals surface area contributed by atoms with Gasteiger partial charge in [-0.3, -0.25) is 15.2 Å². The first-order valence-corrected chi connectivity index (χ1v) is 10.0. The van der Waals surface area contributed by atoms with Crippen molar-refractivity contribution in [3.8, 4) is 5.75 Å². The first-order chi connectivity index (χ1) is 15.8. The summed E-state index contributed by atoms with van der Waals surface area (Å²) in [6, 6.07) is 7.34. The maximum atomic E-state index is 13.7. The number of benzene rings is 1. The van der Waals surface area contributed by atoms with Crippen molar-refractivity contribution in [3.63, 3.8) is 0 Å². The number of fused-ring (bicyclic) bond motifs is 1. The van der Waals surface area contributed by atoms with Crippen LogP contribution in [0.2, 0.25) is 0 Å². The molecule has 1 aliphatic heterocycles. The van der Waals surface area contributed by atoms with Crippen LogP contribution in [0.1, 0.15) is 16.8 Å². The predicted molar refractivity (Wildman–Crippen MR) is 125 cm³/mol. The Morgan fingerprint density at radius 3 is 2.82 bits per heavy atom. The van der Waals surface area contributed by atoms with E-state index in [0.717, 1.165) is 23.5 Å². The van der Waals surface area contributed by atoms with Gasteiger partial charge in [0.15, 0.2) is 0 Å². The molecular formula is C23H24FN7O2. The molecular weight excluding hydrogens is 425 g/mol. The number of phenolic OH excluding ortho intramolecular Hbond substituents is 1. The second-order valence-electron chi connectivity index (χ2n) is 7.32. The SMILES string of the molecule is C=CC=O.CN1CC(Nc2ncnc(N)c2C(=N)c2cc(O)cc(F)c2)Cc2ncccc21. The number of carbonyl (C=O) groups excluding carboxylic acids is 1. The number of nitrogens with two attached hydrogens (primary N) is 1. The lowest BCUT2D eigenvalue weighted by Gasteiger charge is -2.33. The predicted octanol–water partition coefficient (Wildman–Crippen LogP) is 2.56. The molecule has 0 fully saturated rings. The van der Waals surface area contributed by atoms with Crippen molar-refractivity contribution >= 4 is 29.3 Å². The molecule has 0 aliphatic carbocycles. The number of pyridine rings is 1. The van der Waals surface area contributed by atoms with Crippen LogP contribution in [0.15, 0.2) is 55.5 Å². The number of phenols is 1. The number of rotatable bonds is 5. The van der Waals surface area contributed by atoms with Crippen molar-refractivity contribution in [3.05, 3.63) is 78.1 Å². The number of nitrogens with zero attached hydrogens (tertiary/aromatic N) is 4. The van der Waals surface area contributed by atoms with Gasteiger partial charge in [0.25, 0.3) is 0 Å². The molecule has 1 unspecified atom stereocenters. The van der Waals surface area contributed by atoms with Gasteiger partial charge in [-0.05, 0) is 30.3 Å². The van der Waals surface area contributed by atoms with Gasteiger partial charge in [0.1, 0.15) is 35.8 Å². The summed E-state index contributed by atoms with van der Waals surface area (Å²) >= 11 is 0. The molecule has 0 spiro atoms. The van der Waals surface area contributed by atoms with Crippen molar-refractivity contribution in [2.75, 3.05) is 29.5 Å². The summed E-state index contributed by atoms with van der Waals surface area (Å²) in [4.78, 5) is 23.9. The molecule has 170 valence electrons. The number of aromatic nitrogens is 3. The molecule has 0 radical (unpaired) electrons. The van der Waals surface area contributed by atoms with E-state index < -0.39 is 5.82 Å². The van der Waals surface area contributed by atoms with Crippen molar-refractivity contribution in [2.24, 2.45) is 0 Å². The molecule has 2 aromatic heterocycles. The van der Waals surface area contributed by atoms with E-state index in [9.17, 15) is 9.50 Å². The van der Waals surface area contributed by atoms with E-state index >= 15 is 0 Å². The third kappa shape index (κ3) is 5.48. The average molecular weight is 449 g/mol. The molecule has 1 aliphatic rings. The van der Waals surface area contributed by atoms with E-state index in [0.29, 0.717) is 25.1 Å². The van der Waals surface area contributed by atoms with Crippen LogP contribution < -0.4 is 16.0 Å². The van der Waals surface area contributed by atoms with Gasteiger partial charge in [0.2, 0.25) is 0 Å². The van der Waals surface area contributed by atoms with E-state index in [-0.39, 0.29) is 34.4 Å². The van der Waals surface area contributed by atoms with Gasteiger partial charge in [0.05, 0.1) is 28.7 Å². The zero-order valence-electron chi connectivity index (χ0n) is 18.0. The van der Waals surface area contributed by atoms with Crippen LogP contribution in [-0.4, -0.2) is 51.7 Å². The molecule has 10 heteroatoms. The minimum atomic E-state index is -0.647. The van der Waals surface area contributed by atoms with Gasteiger partial charge in [-0.2, -0.15) is 0 Å². The fourth-order valence-electron chi connectivity index (χ4n) is 3.57. The van der Waals surface area contributed by atoms with Crippen molar-refractivity contribution in [1.82, 2.24) is 15.0 Å². The zero-order valence-corrected chi connectivity index (χ0v) is 18.0. The number of nitrogens with one attached hydrogen (secondary N) is 2. The Hall–Kier alpha value is -4.34. The highest BCUT2D eigenvalue weighted by atomic mass is 19.1. The Morgan fingerprint density at radius 2 is 2.12 bits per heavy atom. The second kappa shape index (κ2) is 10.3. The van der Waals surface area contributed by atoms with Gasteiger partial charge in [-0.25, -0.2) is 14.4 Å². The molecule has 5 N–H and O–H groups in total. The number of halogens is 1. The summed E-state index contributed by atoms with van der Waals surface area (Å²) in [7, 11) is 1.99. The largest absolute Gasteiger partial charge is 0.508 e. The minimum absolute atomic E-state index is 0.0239. The quantitative estimate of drug-likeness (QED) is 0.265. The van der Waals surface area contributed by atoms with Crippen LogP contribution in [0.4, 0.5) is 21.7 Å². The molecule has 1 atom stereocenters.